The lowest BCUT2D eigenvalue weighted by molar-refractivity contribution is 0.493. The van der Waals surface area contributed by atoms with Gasteiger partial charge in [-0.05, 0) is 30.5 Å². The summed E-state index contributed by atoms with van der Waals surface area (Å²) in [5, 5.41) is 4.36. The fraction of sp³-hybridized carbons (Fsp3) is 0.438. The van der Waals surface area contributed by atoms with Gasteiger partial charge in [-0.1, -0.05) is 37.6 Å². The van der Waals surface area contributed by atoms with E-state index in [4.69, 9.17) is 11.6 Å². The van der Waals surface area contributed by atoms with E-state index >= 15 is 0 Å². The van der Waals surface area contributed by atoms with Crippen LogP contribution < -0.4 is 5.32 Å². The molecule has 0 bridgehead atoms. The van der Waals surface area contributed by atoms with Gasteiger partial charge in [-0.2, -0.15) is 0 Å². The van der Waals surface area contributed by atoms with Gasteiger partial charge in [0.2, 0.25) is 0 Å². The number of aryl methyl sites for hydroxylation is 1. The maximum Gasteiger partial charge on any atom is 0.122 e. The number of hydrogen-bond acceptors (Lipinski definition) is 2. The van der Waals surface area contributed by atoms with Crippen molar-refractivity contribution in [1.29, 1.82) is 0 Å². The number of nitrogens with zero attached hydrogens (tertiary/aromatic N) is 2. The van der Waals surface area contributed by atoms with Crippen molar-refractivity contribution in [3.63, 3.8) is 0 Å². The molecule has 108 valence electrons. The van der Waals surface area contributed by atoms with E-state index in [1.54, 1.807) is 0 Å². The molecule has 1 N–H and O–H groups in total. The van der Waals surface area contributed by atoms with Crippen LogP contribution in [0, 0.1) is 0 Å². The van der Waals surface area contributed by atoms with Gasteiger partial charge in [0.05, 0.1) is 6.54 Å². The molecule has 20 heavy (non-hydrogen) atoms. The minimum absolute atomic E-state index is 0.306. The van der Waals surface area contributed by atoms with Crippen LogP contribution >= 0.6 is 11.6 Å². The van der Waals surface area contributed by atoms with Gasteiger partial charge >= 0.3 is 0 Å². The molecular formula is C16H22ClN3. The number of benzene rings is 1. The number of rotatable bonds is 7. The molecule has 3 nitrogen and oxygen atoms in total. The Labute approximate surface area is 126 Å². The maximum atomic E-state index is 6.07. The molecular weight excluding hydrogens is 270 g/mol. The van der Waals surface area contributed by atoms with Gasteiger partial charge in [0, 0.05) is 30.0 Å². The Morgan fingerprint density at radius 3 is 2.90 bits per heavy atom. The van der Waals surface area contributed by atoms with Gasteiger partial charge in [0.25, 0.3) is 0 Å². The molecule has 0 aliphatic carbocycles. The molecule has 1 heterocycles. The van der Waals surface area contributed by atoms with Crippen LogP contribution in [-0.2, 0) is 13.1 Å². The predicted octanol–water partition coefficient (Wildman–Crippen LogP) is 4.19. The average molecular weight is 292 g/mol. The van der Waals surface area contributed by atoms with Gasteiger partial charge in [-0.25, -0.2) is 4.98 Å². The maximum absolute atomic E-state index is 6.07. The third-order valence-corrected chi connectivity index (χ3v) is 3.67. The van der Waals surface area contributed by atoms with Crippen molar-refractivity contribution in [2.24, 2.45) is 0 Å². The molecule has 1 atom stereocenters. The largest absolute Gasteiger partial charge is 0.334 e. The Kier molecular flexibility index (Phi) is 5.62. The van der Waals surface area contributed by atoms with Crippen LogP contribution in [0.4, 0.5) is 0 Å². The summed E-state index contributed by atoms with van der Waals surface area (Å²) in [4.78, 5) is 4.43. The normalized spacial score (nSPS) is 12.6. The van der Waals surface area contributed by atoms with E-state index in [1.807, 2.05) is 30.6 Å². The summed E-state index contributed by atoms with van der Waals surface area (Å²) in [7, 11) is 0. The first-order valence-electron chi connectivity index (χ1n) is 7.23. The quantitative estimate of drug-likeness (QED) is 0.829. The molecule has 0 aliphatic rings. The van der Waals surface area contributed by atoms with E-state index in [2.05, 4.69) is 34.8 Å². The molecule has 0 radical (unpaired) electrons. The van der Waals surface area contributed by atoms with Crippen molar-refractivity contribution < 1.29 is 0 Å². The molecule has 0 spiro atoms. The fourth-order valence-corrected chi connectivity index (χ4v) is 2.59. The Morgan fingerprint density at radius 1 is 1.35 bits per heavy atom. The second-order valence-electron chi connectivity index (χ2n) is 4.93. The van der Waals surface area contributed by atoms with Crippen LogP contribution in [-0.4, -0.2) is 9.55 Å². The lowest BCUT2D eigenvalue weighted by atomic mass is 10.0. The summed E-state index contributed by atoms with van der Waals surface area (Å²) in [5.41, 5.74) is 1.23. The van der Waals surface area contributed by atoms with Crippen LogP contribution in [0.15, 0.2) is 36.7 Å². The number of nitrogens with one attached hydrogen (secondary N) is 1. The lowest BCUT2D eigenvalue weighted by Crippen LogP contribution is -2.22. The summed E-state index contributed by atoms with van der Waals surface area (Å²) < 4.78 is 2.21. The Morgan fingerprint density at radius 2 is 2.20 bits per heavy atom. The SMILES string of the molecule is CCCn1ccnc1CNC(CC)c1cccc(Cl)c1. The second kappa shape index (κ2) is 7.46. The Bertz CT molecular complexity index is 536. The summed E-state index contributed by atoms with van der Waals surface area (Å²) in [5.74, 6) is 1.09. The molecule has 2 rings (SSSR count). The van der Waals surface area contributed by atoms with Crippen molar-refractivity contribution in [3.8, 4) is 0 Å². The van der Waals surface area contributed by atoms with E-state index in [0.29, 0.717) is 6.04 Å². The number of aromatic nitrogens is 2. The van der Waals surface area contributed by atoms with Crippen molar-refractivity contribution >= 4 is 11.6 Å². The number of hydrogen-bond donors (Lipinski definition) is 1. The van der Waals surface area contributed by atoms with Crippen LogP contribution in [0.5, 0.6) is 0 Å². The standard InChI is InChI=1S/C16H22ClN3/c1-3-9-20-10-8-18-16(20)12-19-15(4-2)13-6-5-7-14(17)11-13/h5-8,10-11,15,19H,3-4,9,12H2,1-2H3. The molecule has 1 unspecified atom stereocenters. The lowest BCUT2D eigenvalue weighted by Gasteiger charge is -2.18. The van der Waals surface area contributed by atoms with Gasteiger partial charge in [-0.3, -0.25) is 0 Å². The molecule has 1 aromatic heterocycles. The molecule has 0 amide bonds. The summed E-state index contributed by atoms with van der Waals surface area (Å²) >= 11 is 6.07. The highest BCUT2D eigenvalue weighted by atomic mass is 35.5. The summed E-state index contributed by atoms with van der Waals surface area (Å²) in [6.45, 7) is 6.15. The molecule has 4 heteroatoms. The Balaban J connectivity index is 2.02. The van der Waals surface area contributed by atoms with E-state index in [-0.39, 0.29) is 0 Å². The van der Waals surface area contributed by atoms with Gasteiger partial charge in [-0.15, -0.1) is 0 Å². The predicted molar refractivity (Wildman–Crippen MR) is 83.8 cm³/mol. The number of imidazole rings is 1. The minimum atomic E-state index is 0.306. The first-order chi connectivity index (χ1) is 9.74. The first kappa shape index (κ1) is 15.1. The van der Waals surface area contributed by atoms with E-state index in [9.17, 15) is 0 Å². The van der Waals surface area contributed by atoms with Crippen molar-refractivity contribution in [2.75, 3.05) is 0 Å². The van der Waals surface area contributed by atoms with Crippen molar-refractivity contribution in [3.05, 3.63) is 53.1 Å². The summed E-state index contributed by atoms with van der Waals surface area (Å²) in [6.07, 6.45) is 6.05. The second-order valence-corrected chi connectivity index (χ2v) is 5.37. The topological polar surface area (TPSA) is 29.9 Å². The smallest absolute Gasteiger partial charge is 0.122 e. The monoisotopic (exact) mass is 291 g/mol. The zero-order valence-corrected chi connectivity index (χ0v) is 12.9. The van der Waals surface area contributed by atoms with Crippen LogP contribution in [0.2, 0.25) is 5.02 Å². The van der Waals surface area contributed by atoms with Crippen LogP contribution in [0.25, 0.3) is 0 Å². The van der Waals surface area contributed by atoms with Crippen LogP contribution in [0.1, 0.15) is 44.1 Å². The molecule has 1 aromatic carbocycles. The highest BCUT2D eigenvalue weighted by Crippen LogP contribution is 2.20. The van der Waals surface area contributed by atoms with Gasteiger partial charge in [0.15, 0.2) is 0 Å². The molecule has 0 fully saturated rings. The van der Waals surface area contributed by atoms with E-state index in [1.165, 1.54) is 5.56 Å². The average Bonchev–Trinajstić information content (AvgIpc) is 2.88. The van der Waals surface area contributed by atoms with Gasteiger partial charge in [0.1, 0.15) is 5.82 Å². The third kappa shape index (κ3) is 3.84. The first-order valence-corrected chi connectivity index (χ1v) is 7.61. The number of halogens is 1. The zero-order chi connectivity index (χ0) is 14.4. The van der Waals surface area contributed by atoms with E-state index < -0.39 is 0 Å². The molecule has 0 saturated carbocycles. The van der Waals surface area contributed by atoms with Crippen LogP contribution in [0.3, 0.4) is 0 Å². The molecule has 0 saturated heterocycles. The zero-order valence-electron chi connectivity index (χ0n) is 12.1. The van der Waals surface area contributed by atoms with Gasteiger partial charge < -0.3 is 9.88 Å². The minimum Gasteiger partial charge on any atom is -0.334 e. The highest BCUT2D eigenvalue weighted by molar-refractivity contribution is 6.30. The highest BCUT2D eigenvalue weighted by Gasteiger charge is 2.10. The van der Waals surface area contributed by atoms with E-state index in [0.717, 1.165) is 36.8 Å². The third-order valence-electron chi connectivity index (χ3n) is 3.43. The fourth-order valence-electron chi connectivity index (χ4n) is 2.39. The molecule has 0 aliphatic heterocycles. The Hall–Kier alpha value is -1.32. The molecule has 2 aromatic rings. The summed E-state index contributed by atoms with van der Waals surface area (Å²) in [6, 6.07) is 8.36. The van der Waals surface area contributed by atoms with Crippen molar-refractivity contribution in [2.45, 2.75) is 45.8 Å². The van der Waals surface area contributed by atoms with Crippen molar-refractivity contribution in [1.82, 2.24) is 14.9 Å².